The van der Waals surface area contributed by atoms with E-state index < -0.39 is 5.76 Å². The van der Waals surface area contributed by atoms with E-state index >= 15 is 0 Å². The largest absolute Gasteiger partial charge is 0.470 e. The standard InChI is InChI=1S/C3H4N2O2/c1-2-4-5-3(6)7-2/h1H3,(H,5,6)/p+1. The van der Waals surface area contributed by atoms with Gasteiger partial charge in [0.05, 0.1) is 6.92 Å². The second-order valence-electron chi connectivity index (χ2n) is 1.20. The number of aromatic amines is 2. The van der Waals surface area contributed by atoms with Crippen LogP contribution < -0.4 is 10.9 Å². The molecule has 1 aromatic heterocycles. The van der Waals surface area contributed by atoms with Crippen molar-refractivity contribution in [3.8, 4) is 0 Å². The lowest BCUT2D eigenvalue weighted by atomic mass is 10.8. The minimum absolute atomic E-state index is 0.447. The average molecular weight is 101 g/mol. The van der Waals surface area contributed by atoms with Gasteiger partial charge in [-0.2, -0.15) is 0 Å². The van der Waals surface area contributed by atoms with Gasteiger partial charge in [-0.25, -0.2) is 4.79 Å². The monoisotopic (exact) mass is 101 g/mol. The van der Waals surface area contributed by atoms with Crippen LogP contribution in [0, 0.1) is 6.92 Å². The van der Waals surface area contributed by atoms with Gasteiger partial charge in [-0.1, -0.05) is 10.2 Å². The Morgan fingerprint density at radius 3 is 2.71 bits per heavy atom. The van der Waals surface area contributed by atoms with Crippen molar-refractivity contribution in [2.75, 3.05) is 0 Å². The molecule has 0 radical (unpaired) electrons. The Balaban J connectivity index is 3.30. The minimum Gasteiger partial charge on any atom is -0.352 e. The first kappa shape index (κ1) is 4.11. The Labute approximate surface area is 39.2 Å². The number of rotatable bonds is 0. The predicted octanol–water partition coefficient (Wildman–Crippen LogP) is -0.910. The second-order valence-corrected chi connectivity index (χ2v) is 1.20. The van der Waals surface area contributed by atoms with Crippen LogP contribution in [-0.2, 0) is 0 Å². The van der Waals surface area contributed by atoms with Gasteiger partial charge < -0.3 is 4.42 Å². The number of hydrogen-bond acceptors (Lipinski definition) is 2. The molecular formula is C3H5N2O2+. The summed E-state index contributed by atoms with van der Waals surface area (Å²) >= 11 is 0. The fourth-order valence-corrected chi connectivity index (χ4v) is 0.329. The summed E-state index contributed by atoms with van der Waals surface area (Å²) in [7, 11) is 0. The topological polar surface area (TPSA) is 60.1 Å². The normalized spacial score (nSPS) is 9.29. The molecule has 0 fully saturated rings. The third-order valence-corrected chi connectivity index (χ3v) is 0.586. The fourth-order valence-electron chi connectivity index (χ4n) is 0.329. The molecule has 2 N–H and O–H groups in total. The molecule has 0 saturated heterocycles. The fraction of sp³-hybridized carbons (Fsp3) is 0.333. The summed E-state index contributed by atoms with van der Waals surface area (Å²) in [4.78, 5) is 10.0. The molecule has 7 heavy (non-hydrogen) atoms. The number of hydrogen-bond donors (Lipinski definition) is 1. The third-order valence-electron chi connectivity index (χ3n) is 0.586. The molecule has 4 nitrogen and oxygen atoms in total. The smallest absolute Gasteiger partial charge is 0.352 e. The molecule has 1 rings (SSSR count). The van der Waals surface area contributed by atoms with E-state index in [0.29, 0.717) is 5.89 Å². The Kier molecular flexibility index (Phi) is 0.714. The highest BCUT2D eigenvalue weighted by atomic mass is 16.4. The molecule has 0 aliphatic rings. The molecular weight excluding hydrogens is 96.0 g/mol. The second kappa shape index (κ2) is 1.22. The van der Waals surface area contributed by atoms with Crippen LogP contribution in [0.15, 0.2) is 9.21 Å². The molecule has 0 amide bonds. The van der Waals surface area contributed by atoms with Crippen LogP contribution in [0.2, 0.25) is 0 Å². The third kappa shape index (κ3) is 0.677. The highest BCUT2D eigenvalue weighted by molar-refractivity contribution is 4.49. The Morgan fingerprint density at radius 2 is 2.57 bits per heavy atom. The quantitative estimate of drug-likeness (QED) is 0.460. The zero-order chi connectivity index (χ0) is 5.28. The van der Waals surface area contributed by atoms with Crippen molar-refractivity contribution >= 4 is 0 Å². The highest BCUT2D eigenvalue weighted by Gasteiger charge is 1.94. The maximum Gasteiger partial charge on any atom is 0.470 e. The van der Waals surface area contributed by atoms with E-state index in [9.17, 15) is 4.79 Å². The number of aromatic nitrogens is 2. The van der Waals surface area contributed by atoms with Gasteiger partial charge >= 0.3 is 11.6 Å². The molecule has 0 atom stereocenters. The maximum atomic E-state index is 10.0. The van der Waals surface area contributed by atoms with E-state index in [2.05, 4.69) is 14.6 Å². The maximum absolute atomic E-state index is 10.0. The molecule has 0 aromatic carbocycles. The summed E-state index contributed by atoms with van der Waals surface area (Å²) in [5, 5.41) is 4.69. The van der Waals surface area contributed by atoms with Crippen molar-refractivity contribution in [3.05, 3.63) is 16.4 Å². The first-order valence-corrected chi connectivity index (χ1v) is 1.86. The first-order valence-electron chi connectivity index (χ1n) is 1.86. The van der Waals surface area contributed by atoms with Gasteiger partial charge in [-0.15, -0.1) is 0 Å². The Bertz CT molecular complexity index is 199. The van der Waals surface area contributed by atoms with Crippen LogP contribution in [0.4, 0.5) is 0 Å². The van der Waals surface area contributed by atoms with E-state index in [-0.39, 0.29) is 0 Å². The molecule has 0 saturated carbocycles. The van der Waals surface area contributed by atoms with Gasteiger partial charge in [0.25, 0.3) is 0 Å². The summed E-state index contributed by atoms with van der Waals surface area (Å²) in [5.41, 5.74) is 0. The molecule has 38 valence electrons. The molecule has 1 aromatic rings. The van der Waals surface area contributed by atoms with Crippen LogP contribution >= 0.6 is 0 Å². The number of H-pyrrole nitrogens is 2. The summed E-state index contributed by atoms with van der Waals surface area (Å²) in [6.07, 6.45) is 0. The molecule has 0 aliphatic carbocycles. The average Bonchev–Trinajstić information content (AvgIpc) is 1.87. The van der Waals surface area contributed by atoms with Crippen LogP contribution in [0.5, 0.6) is 0 Å². The highest BCUT2D eigenvalue weighted by Crippen LogP contribution is 1.69. The Hall–Kier alpha value is -1.06. The van der Waals surface area contributed by atoms with Crippen molar-refractivity contribution in [3.63, 3.8) is 0 Å². The molecule has 4 heteroatoms. The lowest BCUT2D eigenvalue weighted by Crippen LogP contribution is -2.09. The summed E-state index contributed by atoms with van der Waals surface area (Å²) in [5.74, 6) is 0.0440. The van der Waals surface area contributed by atoms with Gasteiger partial charge in [0.15, 0.2) is 0 Å². The summed E-state index contributed by atoms with van der Waals surface area (Å²) in [6, 6.07) is 0. The molecule has 0 spiro atoms. The number of nitrogens with one attached hydrogen (secondary N) is 2. The Morgan fingerprint density at radius 1 is 1.86 bits per heavy atom. The molecule has 0 aliphatic heterocycles. The van der Waals surface area contributed by atoms with E-state index in [1.807, 2.05) is 0 Å². The van der Waals surface area contributed by atoms with Crippen LogP contribution in [0.25, 0.3) is 0 Å². The van der Waals surface area contributed by atoms with E-state index in [0.717, 1.165) is 0 Å². The van der Waals surface area contributed by atoms with Gasteiger partial charge in [0.1, 0.15) is 0 Å². The van der Waals surface area contributed by atoms with Gasteiger partial charge in [-0.3, -0.25) is 0 Å². The van der Waals surface area contributed by atoms with Crippen LogP contribution in [0.3, 0.4) is 0 Å². The van der Waals surface area contributed by atoms with Crippen molar-refractivity contribution in [2.45, 2.75) is 6.92 Å². The van der Waals surface area contributed by atoms with E-state index in [1.165, 1.54) is 0 Å². The van der Waals surface area contributed by atoms with Crippen molar-refractivity contribution in [1.29, 1.82) is 0 Å². The van der Waals surface area contributed by atoms with Crippen LogP contribution in [-0.4, -0.2) is 5.10 Å². The van der Waals surface area contributed by atoms with E-state index in [1.54, 1.807) is 6.92 Å². The number of aryl methyl sites for hydroxylation is 1. The lowest BCUT2D eigenvalue weighted by Gasteiger charge is -1.55. The minimum atomic E-state index is -0.447. The van der Waals surface area contributed by atoms with Crippen molar-refractivity contribution in [1.82, 2.24) is 5.10 Å². The van der Waals surface area contributed by atoms with Crippen molar-refractivity contribution in [2.24, 2.45) is 0 Å². The van der Waals surface area contributed by atoms with E-state index in [4.69, 9.17) is 0 Å². The van der Waals surface area contributed by atoms with Crippen LogP contribution in [0.1, 0.15) is 5.89 Å². The predicted molar refractivity (Wildman–Crippen MR) is 20.6 cm³/mol. The summed E-state index contributed by atoms with van der Waals surface area (Å²) in [6.45, 7) is 1.65. The SMILES string of the molecule is Cc1[nH+][nH]c(=O)o1. The zero-order valence-electron chi connectivity index (χ0n) is 3.82. The van der Waals surface area contributed by atoms with Gasteiger partial charge in [-0.05, 0) is 0 Å². The molecule has 1 heterocycles. The zero-order valence-corrected chi connectivity index (χ0v) is 3.82. The van der Waals surface area contributed by atoms with Gasteiger partial charge in [0.2, 0.25) is 0 Å². The first-order chi connectivity index (χ1) is 3.29. The molecule has 0 unspecified atom stereocenters. The lowest BCUT2D eigenvalue weighted by molar-refractivity contribution is -0.465. The van der Waals surface area contributed by atoms with Crippen molar-refractivity contribution < 1.29 is 9.52 Å². The summed E-state index contributed by atoms with van der Waals surface area (Å²) < 4.78 is 4.42. The van der Waals surface area contributed by atoms with Gasteiger partial charge in [0, 0.05) is 0 Å². The molecule has 0 bridgehead atoms.